The number of aryl methyl sites for hydroxylation is 1. The molecule has 0 spiro atoms. The largest absolute Gasteiger partial charge is 0.492 e. The Labute approximate surface area is 221 Å². The Morgan fingerprint density at radius 3 is 2.67 bits per heavy atom. The van der Waals surface area contributed by atoms with Gasteiger partial charge in [0.1, 0.15) is 23.4 Å². The molecule has 2 aromatic rings. The lowest BCUT2D eigenvalue weighted by molar-refractivity contribution is -0.143. The van der Waals surface area contributed by atoms with Crippen molar-refractivity contribution in [2.24, 2.45) is 5.41 Å². The quantitative estimate of drug-likeness (QED) is 0.279. The maximum Gasteiger partial charge on any atom is 0.316 e. The van der Waals surface area contributed by atoms with E-state index in [4.69, 9.17) is 14.2 Å². The van der Waals surface area contributed by atoms with Crippen LogP contribution in [0.1, 0.15) is 56.7 Å². The van der Waals surface area contributed by atoms with Gasteiger partial charge in [0.15, 0.2) is 0 Å². The van der Waals surface area contributed by atoms with E-state index in [1.165, 1.54) is 0 Å². The van der Waals surface area contributed by atoms with Gasteiger partial charge in [0, 0.05) is 47.7 Å². The van der Waals surface area contributed by atoms with Crippen LogP contribution in [-0.2, 0) is 4.79 Å². The first-order chi connectivity index (χ1) is 17.2. The van der Waals surface area contributed by atoms with Crippen LogP contribution in [0.5, 0.6) is 17.2 Å². The number of alkyl halides is 1. The third-order valence-corrected chi connectivity index (χ3v) is 7.29. The molecule has 0 radical (unpaired) electrons. The molecule has 1 atom stereocenters. The van der Waals surface area contributed by atoms with Crippen LogP contribution in [0.2, 0.25) is 0 Å². The number of benzene rings is 2. The summed E-state index contributed by atoms with van der Waals surface area (Å²) in [5, 5.41) is 0. The Morgan fingerprint density at radius 2 is 1.97 bits per heavy atom. The topological polar surface area (TPSA) is 48.0 Å². The van der Waals surface area contributed by atoms with Crippen molar-refractivity contribution >= 4 is 27.5 Å². The van der Waals surface area contributed by atoms with E-state index in [1.807, 2.05) is 52.0 Å². The van der Waals surface area contributed by atoms with Gasteiger partial charge in [-0.2, -0.15) is 0 Å². The third-order valence-electron chi connectivity index (χ3n) is 6.49. The summed E-state index contributed by atoms with van der Waals surface area (Å²) in [4.78, 5) is 14.7. The van der Waals surface area contributed by atoms with Crippen LogP contribution >= 0.6 is 15.9 Å². The number of fused-ring (bicyclic) bond motifs is 1. The lowest BCUT2D eigenvalue weighted by atomic mass is 9.94. The Hall–Kier alpha value is -2.38. The van der Waals surface area contributed by atoms with Gasteiger partial charge in [-0.05, 0) is 69.9 Å². The fraction of sp³-hybridized carbons (Fsp3) is 0.483. The molecule has 0 N–H and O–H groups in total. The summed E-state index contributed by atoms with van der Waals surface area (Å²) >= 11 is 3.79. The summed E-state index contributed by atoms with van der Waals surface area (Å²) in [5.41, 5.74) is 3.34. The minimum absolute atomic E-state index is 0.130. The number of likely N-dealkylation sites (tertiary alicyclic amines) is 1. The van der Waals surface area contributed by atoms with Crippen LogP contribution in [0, 0.1) is 12.3 Å². The van der Waals surface area contributed by atoms with Crippen LogP contribution in [0.25, 0.3) is 5.57 Å². The predicted molar refractivity (Wildman–Crippen MR) is 144 cm³/mol. The zero-order valence-electron chi connectivity index (χ0n) is 21.5. The van der Waals surface area contributed by atoms with E-state index in [1.54, 1.807) is 0 Å². The summed E-state index contributed by atoms with van der Waals surface area (Å²) < 4.78 is 31.5. The minimum atomic E-state index is -0.594. The molecule has 2 aliphatic heterocycles. The van der Waals surface area contributed by atoms with E-state index in [0.29, 0.717) is 24.5 Å². The molecule has 2 aromatic carbocycles. The molecule has 5 nitrogen and oxygen atoms in total. The maximum atomic E-state index is 12.5. The number of nitrogens with zero attached hydrogens (tertiary/aromatic N) is 1. The number of carbonyl (C=O) groups excluding carboxylic acids is 1. The fourth-order valence-corrected chi connectivity index (χ4v) is 5.06. The van der Waals surface area contributed by atoms with Crippen molar-refractivity contribution in [3.8, 4) is 17.2 Å². The zero-order valence-corrected chi connectivity index (χ0v) is 23.1. The van der Waals surface area contributed by atoms with E-state index in [2.05, 4.69) is 33.0 Å². The normalized spacial score (nSPS) is 18.4. The second kappa shape index (κ2) is 11.3. The van der Waals surface area contributed by atoms with Gasteiger partial charge in [0.05, 0.1) is 18.7 Å². The molecule has 1 saturated heterocycles. The molecule has 0 bridgehead atoms. The zero-order chi connectivity index (χ0) is 25.9. The Morgan fingerprint density at radius 1 is 1.22 bits per heavy atom. The van der Waals surface area contributed by atoms with Crippen molar-refractivity contribution in [2.45, 2.75) is 53.1 Å². The number of rotatable bonds is 7. The van der Waals surface area contributed by atoms with Crippen LogP contribution in [-0.4, -0.2) is 49.9 Å². The molecule has 194 valence electrons. The Balaban J connectivity index is 1.54. The van der Waals surface area contributed by atoms with Gasteiger partial charge < -0.3 is 14.2 Å². The highest BCUT2D eigenvalue weighted by molar-refractivity contribution is 9.11. The summed E-state index contributed by atoms with van der Waals surface area (Å²) in [6, 6.07) is 12.0. The molecule has 0 saturated carbocycles. The van der Waals surface area contributed by atoms with Gasteiger partial charge >= 0.3 is 5.97 Å². The number of hydrogen-bond acceptors (Lipinski definition) is 5. The molecular weight excluding hydrogens is 525 g/mol. The van der Waals surface area contributed by atoms with Crippen molar-refractivity contribution in [3.05, 3.63) is 57.6 Å². The summed E-state index contributed by atoms with van der Waals surface area (Å²) in [6.45, 7) is 10.3. The van der Waals surface area contributed by atoms with E-state index in [9.17, 15) is 9.18 Å². The van der Waals surface area contributed by atoms with E-state index < -0.39 is 5.41 Å². The minimum Gasteiger partial charge on any atom is -0.492 e. The highest BCUT2D eigenvalue weighted by atomic mass is 79.9. The molecule has 2 aliphatic rings. The summed E-state index contributed by atoms with van der Waals surface area (Å²) in [7, 11) is 0. The number of ether oxygens (including phenoxy) is 3. The van der Waals surface area contributed by atoms with Crippen molar-refractivity contribution in [1.29, 1.82) is 0 Å². The first-order valence-corrected chi connectivity index (χ1v) is 13.4. The van der Waals surface area contributed by atoms with E-state index in [0.717, 1.165) is 65.0 Å². The number of halogens is 2. The molecule has 1 fully saturated rings. The van der Waals surface area contributed by atoms with Crippen LogP contribution < -0.4 is 14.2 Å². The third kappa shape index (κ3) is 6.30. The van der Waals surface area contributed by atoms with Gasteiger partial charge in [0.2, 0.25) is 0 Å². The average molecular weight is 561 g/mol. The smallest absolute Gasteiger partial charge is 0.316 e. The van der Waals surface area contributed by atoms with E-state index in [-0.39, 0.29) is 18.7 Å². The standard InChI is InChI=1S/C29H35BrFNO4/c1-19-16-23-26(17-25(19)36-28(33)29(2,3)4)34-15-11-24(30)27(23)20-6-8-21(9-7-20)35-22-10-14-32(18-22)13-5-12-31/h6-9,16-17,22H,5,10-15,18H2,1-4H3/t22-/m0/s1. The summed E-state index contributed by atoms with van der Waals surface area (Å²) in [5.74, 6) is 1.77. The van der Waals surface area contributed by atoms with Gasteiger partial charge in [-0.25, -0.2) is 0 Å². The second-order valence-electron chi connectivity index (χ2n) is 10.5. The van der Waals surface area contributed by atoms with Crippen molar-refractivity contribution in [3.63, 3.8) is 0 Å². The predicted octanol–water partition coefficient (Wildman–Crippen LogP) is 6.70. The molecule has 0 amide bonds. The van der Waals surface area contributed by atoms with Gasteiger partial charge in [-0.1, -0.05) is 28.1 Å². The molecule has 4 rings (SSSR count). The molecular formula is C29H35BrFNO4. The van der Waals surface area contributed by atoms with Crippen LogP contribution in [0.4, 0.5) is 4.39 Å². The molecule has 7 heteroatoms. The molecule has 0 unspecified atom stereocenters. The Bertz CT molecular complexity index is 1120. The number of hydrogen-bond donors (Lipinski definition) is 0. The van der Waals surface area contributed by atoms with Gasteiger partial charge in [-0.3, -0.25) is 14.1 Å². The lowest BCUT2D eigenvalue weighted by Gasteiger charge is -2.20. The van der Waals surface area contributed by atoms with Crippen LogP contribution in [0.3, 0.4) is 0 Å². The van der Waals surface area contributed by atoms with Gasteiger partial charge in [-0.15, -0.1) is 0 Å². The molecule has 0 aliphatic carbocycles. The second-order valence-corrected chi connectivity index (χ2v) is 11.5. The number of carbonyl (C=O) groups is 1. The SMILES string of the molecule is Cc1cc2c(cc1OC(=O)C(C)(C)C)OCCC(Br)=C2c1ccc(O[C@H]2CCN(CCCF)C2)cc1. The van der Waals surface area contributed by atoms with Crippen LogP contribution in [0.15, 0.2) is 40.9 Å². The average Bonchev–Trinajstić information content (AvgIpc) is 3.21. The summed E-state index contributed by atoms with van der Waals surface area (Å²) in [6.07, 6.45) is 2.40. The molecule has 2 heterocycles. The molecule has 36 heavy (non-hydrogen) atoms. The van der Waals surface area contributed by atoms with Gasteiger partial charge in [0.25, 0.3) is 0 Å². The highest BCUT2D eigenvalue weighted by Crippen LogP contribution is 2.42. The fourth-order valence-electron chi connectivity index (χ4n) is 4.45. The number of esters is 1. The monoisotopic (exact) mass is 559 g/mol. The Kier molecular flexibility index (Phi) is 8.41. The lowest BCUT2D eigenvalue weighted by Crippen LogP contribution is -2.26. The highest BCUT2D eigenvalue weighted by Gasteiger charge is 2.27. The first-order valence-electron chi connectivity index (χ1n) is 12.6. The maximum absolute atomic E-state index is 12.5. The van der Waals surface area contributed by atoms with Crippen molar-refractivity contribution in [1.82, 2.24) is 4.90 Å². The van der Waals surface area contributed by atoms with E-state index >= 15 is 0 Å². The van der Waals surface area contributed by atoms with Crippen molar-refractivity contribution < 1.29 is 23.4 Å². The first kappa shape index (κ1) is 26.7. The molecule has 0 aromatic heterocycles. The van der Waals surface area contributed by atoms with Crippen molar-refractivity contribution in [2.75, 3.05) is 32.9 Å².